The van der Waals surface area contributed by atoms with E-state index in [1.807, 2.05) is 26.0 Å². The van der Waals surface area contributed by atoms with Crippen LogP contribution in [-0.4, -0.2) is 55.1 Å². The molecule has 1 aliphatic heterocycles. The van der Waals surface area contributed by atoms with Gasteiger partial charge in [0.25, 0.3) is 0 Å². The second kappa shape index (κ2) is 6.78. The molecule has 2 N–H and O–H groups in total. The first-order chi connectivity index (χ1) is 10.1. The van der Waals surface area contributed by atoms with E-state index in [4.69, 9.17) is 9.47 Å². The minimum absolute atomic E-state index is 0.236. The highest BCUT2D eigenvalue weighted by Gasteiger charge is 2.33. The van der Waals surface area contributed by atoms with Crippen LogP contribution in [0.25, 0.3) is 0 Å². The molecule has 2 atom stereocenters. The van der Waals surface area contributed by atoms with Gasteiger partial charge in [0, 0.05) is 12.2 Å². The van der Waals surface area contributed by atoms with Gasteiger partial charge < -0.3 is 24.8 Å². The summed E-state index contributed by atoms with van der Waals surface area (Å²) >= 11 is 0. The highest BCUT2D eigenvalue weighted by Crippen LogP contribution is 2.22. The van der Waals surface area contributed by atoms with Crippen LogP contribution in [0, 0.1) is 6.92 Å². The SMILES string of the molecule is CCN(C(=O)Nc1ccc(OC)cc1C)C1COCC1O. The number of nitrogens with one attached hydrogen (secondary N) is 1. The number of hydrogen-bond donors (Lipinski definition) is 2. The number of benzene rings is 1. The van der Waals surface area contributed by atoms with Gasteiger partial charge in [-0.1, -0.05) is 0 Å². The molecule has 6 nitrogen and oxygen atoms in total. The number of methoxy groups -OCH3 is 1. The Kier molecular flexibility index (Phi) is 5.03. The number of ether oxygens (including phenoxy) is 2. The maximum Gasteiger partial charge on any atom is 0.322 e. The molecule has 1 aliphatic rings. The van der Waals surface area contributed by atoms with Crippen molar-refractivity contribution in [1.82, 2.24) is 4.90 Å². The summed E-state index contributed by atoms with van der Waals surface area (Å²) in [6.07, 6.45) is -0.632. The van der Waals surface area contributed by atoms with Crippen LogP contribution < -0.4 is 10.1 Å². The third kappa shape index (κ3) is 3.46. The van der Waals surface area contributed by atoms with Crippen molar-refractivity contribution in [3.05, 3.63) is 23.8 Å². The molecule has 1 heterocycles. The summed E-state index contributed by atoms with van der Waals surface area (Å²) in [6, 6.07) is 4.93. The Balaban J connectivity index is 2.09. The molecule has 0 saturated carbocycles. The predicted molar refractivity (Wildman–Crippen MR) is 79.7 cm³/mol. The number of urea groups is 1. The maximum absolute atomic E-state index is 12.4. The Labute approximate surface area is 124 Å². The fourth-order valence-electron chi connectivity index (χ4n) is 2.45. The van der Waals surface area contributed by atoms with Gasteiger partial charge in [-0.05, 0) is 37.6 Å². The summed E-state index contributed by atoms with van der Waals surface area (Å²) < 4.78 is 10.4. The molecule has 0 aliphatic carbocycles. The van der Waals surface area contributed by atoms with Gasteiger partial charge in [0.2, 0.25) is 0 Å². The third-order valence-electron chi connectivity index (χ3n) is 3.70. The van der Waals surface area contributed by atoms with Crippen LogP contribution in [0.1, 0.15) is 12.5 Å². The highest BCUT2D eigenvalue weighted by atomic mass is 16.5. The van der Waals surface area contributed by atoms with Gasteiger partial charge in [-0.3, -0.25) is 0 Å². The fraction of sp³-hybridized carbons (Fsp3) is 0.533. The van der Waals surface area contributed by atoms with Gasteiger partial charge in [0.05, 0.1) is 32.5 Å². The monoisotopic (exact) mass is 294 g/mol. The number of nitrogens with zero attached hydrogens (tertiary/aromatic N) is 1. The van der Waals surface area contributed by atoms with Crippen molar-refractivity contribution in [2.45, 2.75) is 26.0 Å². The van der Waals surface area contributed by atoms with E-state index in [2.05, 4.69) is 5.32 Å². The van der Waals surface area contributed by atoms with E-state index in [-0.39, 0.29) is 18.7 Å². The molecule has 0 bridgehead atoms. The number of rotatable bonds is 4. The number of carbonyl (C=O) groups is 1. The molecule has 0 radical (unpaired) electrons. The summed E-state index contributed by atoms with van der Waals surface area (Å²) in [5.41, 5.74) is 1.65. The van der Waals surface area contributed by atoms with Crippen molar-refractivity contribution in [3.8, 4) is 5.75 Å². The molecule has 1 fully saturated rings. The molecule has 2 unspecified atom stereocenters. The second-order valence-electron chi connectivity index (χ2n) is 5.07. The topological polar surface area (TPSA) is 71.0 Å². The smallest absolute Gasteiger partial charge is 0.322 e. The van der Waals surface area contributed by atoms with Crippen molar-refractivity contribution < 1.29 is 19.4 Å². The van der Waals surface area contributed by atoms with Crippen LogP contribution in [0.5, 0.6) is 5.75 Å². The number of hydrogen-bond acceptors (Lipinski definition) is 4. The Bertz CT molecular complexity index is 506. The minimum atomic E-state index is -0.632. The van der Waals surface area contributed by atoms with Gasteiger partial charge in [0.1, 0.15) is 5.75 Å². The van der Waals surface area contributed by atoms with Crippen LogP contribution in [0.2, 0.25) is 0 Å². The van der Waals surface area contributed by atoms with E-state index >= 15 is 0 Å². The number of aliphatic hydroxyl groups is 1. The Hall–Kier alpha value is -1.79. The quantitative estimate of drug-likeness (QED) is 0.885. The summed E-state index contributed by atoms with van der Waals surface area (Å²) in [5, 5.41) is 12.7. The highest BCUT2D eigenvalue weighted by molar-refractivity contribution is 5.90. The second-order valence-corrected chi connectivity index (χ2v) is 5.07. The zero-order chi connectivity index (χ0) is 15.4. The van der Waals surface area contributed by atoms with Crippen molar-refractivity contribution in [1.29, 1.82) is 0 Å². The molecule has 0 spiro atoms. The normalized spacial score (nSPS) is 21.1. The zero-order valence-corrected chi connectivity index (χ0v) is 12.6. The van der Waals surface area contributed by atoms with Crippen LogP contribution in [0.15, 0.2) is 18.2 Å². The molecule has 2 amide bonds. The average molecular weight is 294 g/mol. The van der Waals surface area contributed by atoms with Gasteiger partial charge in [-0.2, -0.15) is 0 Å². The van der Waals surface area contributed by atoms with Crippen LogP contribution in [0.4, 0.5) is 10.5 Å². The van der Waals surface area contributed by atoms with E-state index in [0.29, 0.717) is 13.2 Å². The fourth-order valence-corrected chi connectivity index (χ4v) is 2.45. The Morgan fingerprint density at radius 1 is 1.52 bits per heavy atom. The lowest BCUT2D eigenvalue weighted by Crippen LogP contribution is -2.48. The molecule has 1 aromatic rings. The van der Waals surface area contributed by atoms with E-state index in [1.54, 1.807) is 18.1 Å². The molecule has 21 heavy (non-hydrogen) atoms. The van der Waals surface area contributed by atoms with Gasteiger partial charge in [-0.15, -0.1) is 0 Å². The minimum Gasteiger partial charge on any atom is -0.497 e. The first kappa shape index (κ1) is 15.6. The lowest BCUT2D eigenvalue weighted by molar-refractivity contribution is 0.1000. The van der Waals surface area contributed by atoms with Crippen molar-refractivity contribution in [2.24, 2.45) is 0 Å². The Morgan fingerprint density at radius 2 is 2.29 bits per heavy atom. The Morgan fingerprint density at radius 3 is 2.81 bits per heavy atom. The molecule has 6 heteroatoms. The van der Waals surface area contributed by atoms with Crippen LogP contribution >= 0.6 is 0 Å². The van der Waals surface area contributed by atoms with E-state index in [0.717, 1.165) is 17.0 Å². The summed E-state index contributed by atoms with van der Waals surface area (Å²) in [4.78, 5) is 14.0. The predicted octanol–water partition coefficient (Wildman–Crippen LogP) is 1.62. The average Bonchev–Trinajstić information content (AvgIpc) is 2.88. The maximum atomic E-state index is 12.4. The number of carbonyl (C=O) groups excluding carboxylic acids is 1. The number of aliphatic hydroxyl groups excluding tert-OH is 1. The number of likely N-dealkylation sites (N-methyl/N-ethyl adjacent to an activating group) is 1. The first-order valence-corrected chi connectivity index (χ1v) is 7.05. The van der Waals surface area contributed by atoms with Crippen molar-refractivity contribution in [3.63, 3.8) is 0 Å². The van der Waals surface area contributed by atoms with Gasteiger partial charge >= 0.3 is 6.03 Å². The van der Waals surface area contributed by atoms with E-state index in [1.165, 1.54) is 0 Å². The van der Waals surface area contributed by atoms with Gasteiger partial charge in [-0.25, -0.2) is 4.79 Å². The molecule has 1 saturated heterocycles. The van der Waals surface area contributed by atoms with Crippen molar-refractivity contribution in [2.75, 3.05) is 32.2 Å². The first-order valence-electron chi connectivity index (χ1n) is 7.05. The third-order valence-corrected chi connectivity index (χ3v) is 3.70. The molecular formula is C15H22N2O4. The molecule has 2 rings (SSSR count). The lowest BCUT2D eigenvalue weighted by Gasteiger charge is -2.29. The number of aryl methyl sites for hydroxylation is 1. The van der Waals surface area contributed by atoms with E-state index in [9.17, 15) is 9.90 Å². The summed E-state index contributed by atoms with van der Waals surface area (Å²) in [5.74, 6) is 0.748. The summed E-state index contributed by atoms with van der Waals surface area (Å²) in [7, 11) is 1.60. The van der Waals surface area contributed by atoms with E-state index < -0.39 is 6.10 Å². The number of amides is 2. The summed E-state index contributed by atoms with van der Waals surface area (Å²) in [6.45, 7) is 4.93. The zero-order valence-electron chi connectivity index (χ0n) is 12.6. The lowest BCUT2D eigenvalue weighted by atomic mass is 10.1. The molecule has 116 valence electrons. The standard InChI is InChI=1S/C15H22N2O4/c1-4-17(13-8-21-9-14(13)18)15(19)16-12-6-5-11(20-3)7-10(12)2/h5-7,13-14,18H,4,8-9H2,1-3H3,(H,16,19). The van der Waals surface area contributed by atoms with Crippen molar-refractivity contribution >= 4 is 11.7 Å². The number of anilines is 1. The molecule has 1 aromatic carbocycles. The molecule has 0 aromatic heterocycles. The molecular weight excluding hydrogens is 272 g/mol. The largest absolute Gasteiger partial charge is 0.497 e. The van der Waals surface area contributed by atoms with Crippen LogP contribution in [0.3, 0.4) is 0 Å². The van der Waals surface area contributed by atoms with Gasteiger partial charge in [0.15, 0.2) is 0 Å². The van der Waals surface area contributed by atoms with Crippen LogP contribution in [-0.2, 0) is 4.74 Å².